The molecule has 1 amide bonds. The van der Waals surface area contributed by atoms with E-state index in [0.29, 0.717) is 0 Å². The molecule has 0 saturated carbocycles. The van der Waals surface area contributed by atoms with Crippen LogP contribution in [-0.2, 0) is 4.79 Å². The quantitative estimate of drug-likeness (QED) is 0.755. The number of hydrogen-bond acceptors (Lipinski definition) is 3. The van der Waals surface area contributed by atoms with Gasteiger partial charge in [0.1, 0.15) is 0 Å². The molecule has 2 heterocycles. The third-order valence-electron chi connectivity index (χ3n) is 2.87. The first-order chi connectivity index (χ1) is 7.36. The second-order valence-electron chi connectivity index (χ2n) is 4.04. The van der Waals surface area contributed by atoms with Crippen molar-refractivity contribution in [3.63, 3.8) is 0 Å². The molecule has 0 bridgehead atoms. The summed E-state index contributed by atoms with van der Waals surface area (Å²) in [6.45, 7) is 2.74. The molecule has 2 aliphatic rings. The van der Waals surface area contributed by atoms with Crippen LogP contribution in [0.1, 0.15) is 19.3 Å². The normalized spacial score (nSPS) is 24.5. The van der Waals surface area contributed by atoms with Crippen LogP contribution in [0.2, 0.25) is 0 Å². The molecule has 92 valence electrons. The predicted octanol–water partition coefficient (Wildman–Crippen LogP) is 1.34. The number of halogens is 1. The topological polar surface area (TPSA) is 41.1 Å². The van der Waals surface area contributed by atoms with Gasteiger partial charge in [-0.05, 0) is 31.6 Å². The maximum Gasteiger partial charge on any atom is 0.233 e. The molecular weight excluding hydrogens is 244 g/mol. The van der Waals surface area contributed by atoms with E-state index in [2.05, 4.69) is 16.7 Å². The molecule has 0 aromatic rings. The van der Waals surface area contributed by atoms with Crippen molar-refractivity contribution in [3.8, 4) is 0 Å². The van der Waals surface area contributed by atoms with Crippen LogP contribution in [0.25, 0.3) is 0 Å². The lowest BCUT2D eigenvalue weighted by Gasteiger charge is -2.16. The number of nitrogens with one attached hydrogen (secondary N) is 2. The first-order valence-corrected chi connectivity index (χ1v) is 6.69. The average Bonchev–Trinajstić information content (AvgIpc) is 2.81. The Balaban J connectivity index is 0.00000128. The van der Waals surface area contributed by atoms with Gasteiger partial charge in [-0.25, -0.2) is 0 Å². The van der Waals surface area contributed by atoms with Crippen LogP contribution in [0.3, 0.4) is 0 Å². The minimum absolute atomic E-state index is 0. The molecule has 5 heteroatoms. The van der Waals surface area contributed by atoms with Gasteiger partial charge in [-0.1, -0.05) is 11.6 Å². The molecular formula is C11H19ClN2OS. The van der Waals surface area contributed by atoms with E-state index in [4.69, 9.17) is 0 Å². The first kappa shape index (κ1) is 13.9. The maximum atomic E-state index is 11.7. The van der Waals surface area contributed by atoms with Crippen molar-refractivity contribution in [1.82, 2.24) is 10.6 Å². The molecule has 0 radical (unpaired) electrons. The van der Waals surface area contributed by atoms with E-state index in [1.165, 1.54) is 12.0 Å². The Kier molecular flexibility index (Phi) is 6.24. The van der Waals surface area contributed by atoms with E-state index in [1.807, 2.05) is 0 Å². The number of carbonyl (C=O) groups excluding carboxylic acids is 1. The lowest BCUT2D eigenvalue weighted by molar-refractivity contribution is -0.120. The van der Waals surface area contributed by atoms with E-state index >= 15 is 0 Å². The molecule has 1 saturated heterocycles. The highest BCUT2D eigenvalue weighted by Gasteiger charge is 2.22. The maximum absolute atomic E-state index is 11.7. The van der Waals surface area contributed by atoms with Gasteiger partial charge in [0.2, 0.25) is 5.91 Å². The van der Waals surface area contributed by atoms with Crippen LogP contribution in [0.4, 0.5) is 0 Å². The highest BCUT2D eigenvalue weighted by molar-refractivity contribution is 8.00. The summed E-state index contributed by atoms with van der Waals surface area (Å²) in [6, 6.07) is 0. The van der Waals surface area contributed by atoms with Crippen LogP contribution in [0, 0.1) is 0 Å². The Morgan fingerprint density at radius 3 is 3.12 bits per heavy atom. The van der Waals surface area contributed by atoms with Gasteiger partial charge in [-0.3, -0.25) is 4.79 Å². The van der Waals surface area contributed by atoms with Crippen LogP contribution >= 0.6 is 24.2 Å². The summed E-state index contributed by atoms with van der Waals surface area (Å²) >= 11 is 1.79. The average molecular weight is 263 g/mol. The van der Waals surface area contributed by atoms with Crippen molar-refractivity contribution >= 4 is 30.1 Å². The Bertz CT molecular complexity index is 265. The van der Waals surface area contributed by atoms with E-state index < -0.39 is 0 Å². The third kappa shape index (κ3) is 4.00. The molecule has 0 aromatic carbocycles. The van der Waals surface area contributed by atoms with E-state index in [9.17, 15) is 4.79 Å². The van der Waals surface area contributed by atoms with Gasteiger partial charge in [0.05, 0.1) is 5.25 Å². The van der Waals surface area contributed by atoms with E-state index in [0.717, 1.165) is 38.2 Å². The molecule has 1 unspecified atom stereocenters. The standard InChI is InChI=1S/C11H18N2OS.ClH/c14-11(10-2-1-7-15-10)13-8-9-3-5-12-6-4-9;/h3,10,12H,1-2,4-8H2,(H,13,14);1H. The van der Waals surface area contributed by atoms with Crippen molar-refractivity contribution in [3.05, 3.63) is 11.6 Å². The van der Waals surface area contributed by atoms with E-state index in [1.54, 1.807) is 11.8 Å². The van der Waals surface area contributed by atoms with E-state index in [-0.39, 0.29) is 23.6 Å². The number of thioether (sulfide) groups is 1. The number of rotatable bonds is 3. The van der Waals surface area contributed by atoms with Crippen molar-refractivity contribution in [2.24, 2.45) is 0 Å². The fourth-order valence-corrected chi connectivity index (χ4v) is 3.11. The fourth-order valence-electron chi connectivity index (χ4n) is 1.93. The summed E-state index contributed by atoms with van der Waals surface area (Å²) in [5, 5.41) is 6.52. The largest absolute Gasteiger partial charge is 0.351 e. The van der Waals surface area contributed by atoms with Crippen molar-refractivity contribution in [2.45, 2.75) is 24.5 Å². The molecule has 1 fully saturated rings. The third-order valence-corrected chi connectivity index (χ3v) is 4.25. The highest BCUT2D eigenvalue weighted by Crippen LogP contribution is 2.25. The van der Waals surface area contributed by atoms with Crippen molar-refractivity contribution < 1.29 is 4.79 Å². The molecule has 0 aromatic heterocycles. The van der Waals surface area contributed by atoms with Gasteiger partial charge in [-0.15, -0.1) is 24.2 Å². The fraction of sp³-hybridized carbons (Fsp3) is 0.727. The molecule has 0 spiro atoms. The molecule has 2 N–H and O–H groups in total. The molecule has 1 atom stereocenters. The minimum Gasteiger partial charge on any atom is -0.351 e. The number of carbonyl (C=O) groups is 1. The minimum atomic E-state index is 0. The SMILES string of the molecule is Cl.O=C(NCC1=CCNCC1)C1CCCS1. The smallest absolute Gasteiger partial charge is 0.233 e. The molecule has 2 aliphatic heterocycles. The zero-order chi connectivity index (χ0) is 10.5. The zero-order valence-corrected chi connectivity index (χ0v) is 11.0. The van der Waals surface area contributed by atoms with Crippen LogP contribution < -0.4 is 10.6 Å². The zero-order valence-electron chi connectivity index (χ0n) is 9.33. The van der Waals surface area contributed by atoms with Gasteiger partial charge < -0.3 is 10.6 Å². The summed E-state index contributed by atoms with van der Waals surface area (Å²) < 4.78 is 0. The molecule has 3 nitrogen and oxygen atoms in total. The summed E-state index contributed by atoms with van der Waals surface area (Å²) in [7, 11) is 0. The van der Waals surface area contributed by atoms with Crippen molar-refractivity contribution in [2.75, 3.05) is 25.4 Å². The highest BCUT2D eigenvalue weighted by atomic mass is 35.5. The van der Waals surface area contributed by atoms with Crippen molar-refractivity contribution in [1.29, 1.82) is 0 Å². The Morgan fingerprint density at radius 1 is 1.62 bits per heavy atom. The monoisotopic (exact) mass is 262 g/mol. The summed E-state index contributed by atoms with van der Waals surface area (Å²) in [5.74, 6) is 1.38. The Morgan fingerprint density at radius 2 is 2.50 bits per heavy atom. The molecule has 2 rings (SSSR count). The van der Waals surface area contributed by atoms with Gasteiger partial charge in [0, 0.05) is 13.1 Å². The van der Waals surface area contributed by atoms with Gasteiger partial charge >= 0.3 is 0 Å². The Hall–Kier alpha value is -0.190. The number of hydrogen-bond donors (Lipinski definition) is 2. The second kappa shape index (κ2) is 7.20. The van der Waals surface area contributed by atoms with Gasteiger partial charge in [-0.2, -0.15) is 0 Å². The van der Waals surface area contributed by atoms with Gasteiger partial charge in [0.25, 0.3) is 0 Å². The molecule has 16 heavy (non-hydrogen) atoms. The number of amides is 1. The van der Waals surface area contributed by atoms with Crippen LogP contribution in [0.15, 0.2) is 11.6 Å². The summed E-state index contributed by atoms with van der Waals surface area (Å²) in [5.41, 5.74) is 1.37. The van der Waals surface area contributed by atoms with Gasteiger partial charge in [0.15, 0.2) is 0 Å². The molecule has 0 aliphatic carbocycles. The Labute approximate surface area is 107 Å². The second-order valence-corrected chi connectivity index (χ2v) is 5.35. The lowest BCUT2D eigenvalue weighted by Crippen LogP contribution is -2.34. The summed E-state index contributed by atoms with van der Waals surface area (Å²) in [6.07, 6.45) is 5.50. The van der Waals surface area contributed by atoms with Crippen LogP contribution in [-0.4, -0.2) is 36.5 Å². The lowest BCUT2D eigenvalue weighted by atomic mass is 10.1. The van der Waals surface area contributed by atoms with Crippen LogP contribution in [0.5, 0.6) is 0 Å². The predicted molar refractivity (Wildman–Crippen MR) is 71.3 cm³/mol. The summed E-state index contributed by atoms with van der Waals surface area (Å²) in [4.78, 5) is 11.7. The first-order valence-electron chi connectivity index (χ1n) is 5.64.